The molecular formula is C9H6OS2. The lowest BCUT2D eigenvalue weighted by Crippen LogP contribution is -1.76. The van der Waals surface area contributed by atoms with E-state index in [-0.39, 0.29) is 0 Å². The van der Waals surface area contributed by atoms with E-state index >= 15 is 0 Å². The number of aldehydes is 1. The van der Waals surface area contributed by atoms with Gasteiger partial charge in [0.05, 0.1) is 0 Å². The lowest BCUT2D eigenvalue weighted by Gasteiger charge is -1.91. The summed E-state index contributed by atoms with van der Waals surface area (Å²) in [7, 11) is 0. The van der Waals surface area contributed by atoms with E-state index in [2.05, 4.69) is 0 Å². The van der Waals surface area contributed by atoms with Crippen LogP contribution in [0.1, 0.15) is 10.4 Å². The average molecular weight is 194 g/mol. The van der Waals surface area contributed by atoms with Gasteiger partial charge in [-0.2, -0.15) is 11.3 Å². The van der Waals surface area contributed by atoms with Crippen molar-refractivity contribution in [1.82, 2.24) is 0 Å². The van der Waals surface area contributed by atoms with Crippen molar-refractivity contribution in [3.05, 3.63) is 33.8 Å². The van der Waals surface area contributed by atoms with Gasteiger partial charge in [0.25, 0.3) is 0 Å². The molecule has 0 spiro atoms. The molecule has 2 aromatic heterocycles. The van der Waals surface area contributed by atoms with E-state index in [1.165, 1.54) is 4.88 Å². The molecule has 2 heterocycles. The number of thiophene rings is 2. The Morgan fingerprint density at radius 2 is 2.25 bits per heavy atom. The van der Waals surface area contributed by atoms with Crippen molar-refractivity contribution in [2.24, 2.45) is 0 Å². The largest absolute Gasteiger partial charge is 0.298 e. The molecule has 0 aliphatic carbocycles. The number of hydrogen-bond donors (Lipinski definition) is 0. The zero-order valence-electron chi connectivity index (χ0n) is 6.19. The zero-order chi connectivity index (χ0) is 8.39. The molecular weight excluding hydrogens is 188 g/mol. The van der Waals surface area contributed by atoms with Gasteiger partial charge >= 0.3 is 0 Å². The van der Waals surface area contributed by atoms with Gasteiger partial charge in [0.15, 0.2) is 6.29 Å². The van der Waals surface area contributed by atoms with E-state index in [1.807, 2.05) is 28.3 Å². The SMILES string of the molecule is O=Cc1cscc1-c1cccs1. The molecule has 0 unspecified atom stereocenters. The molecule has 0 bridgehead atoms. The van der Waals surface area contributed by atoms with Crippen LogP contribution in [0.25, 0.3) is 10.4 Å². The van der Waals surface area contributed by atoms with Crippen LogP contribution in [-0.4, -0.2) is 6.29 Å². The van der Waals surface area contributed by atoms with Gasteiger partial charge in [-0.3, -0.25) is 4.79 Å². The van der Waals surface area contributed by atoms with Crippen LogP contribution in [0, 0.1) is 0 Å². The Morgan fingerprint density at radius 3 is 2.92 bits per heavy atom. The molecule has 0 aliphatic heterocycles. The summed E-state index contributed by atoms with van der Waals surface area (Å²) >= 11 is 3.22. The number of rotatable bonds is 2. The molecule has 0 amide bonds. The van der Waals surface area contributed by atoms with Crippen LogP contribution in [0.4, 0.5) is 0 Å². The quantitative estimate of drug-likeness (QED) is 0.670. The molecule has 0 fully saturated rings. The lowest BCUT2D eigenvalue weighted by molar-refractivity contribution is 0.112. The van der Waals surface area contributed by atoms with Crippen LogP contribution in [0.5, 0.6) is 0 Å². The highest BCUT2D eigenvalue weighted by atomic mass is 32.1. The molecule has 0 atom stereocenters. The number of carbonyl (C=O) groups excluding carboxylic acids is 1. The first-order valence-corrected chi connectivity index (χ1v) is 5.29. The van der Waals surface area contributed by atoms with Crippen molar-refractivity contribution in [3.8, 4) is 10.4 Å². The highest BCUT2D eigenvalue weighted by molar-refractivity contribution is 7.14. The van der Waals surface area contributed by atoms with Crippen molar-refractivity contribution in [1.29, 1.82) is 0 Å². The van der Waals surface area contributed by atoms with Gasteiger partial charge in [-0.15, -0.1) is 11.3 Å². The highest BCUT2D eigenvalue weighted by Crippen LogP contribution is 2.29. The van der Waals surface area contributed by atoms with Crippen LogP contribution in [0.15, 0.2) is 28.3 Å². The average Bonchev–Trinajstić information content (AvgIpc) is 2.74. The highest BCUT2D eigenvalue weighted by Gasteiger charge is 2.05. The van der Waals surface area contributed by atoms with E-state index in [0.717, 1.165) is 17.4 Å². The molecule has 0 radical (unpaired) electrons. The number of hydrogen-bond acceptors (Lipinski definition) is 3. The van der Waals surface area contributed by atoms with Crippen molar-refractivity contribution in [3.63, 3.8) is 0 Å². The minimum Gasteiger partial charge on any atom is -0.298 e. The summed E-state index contributed by atoms with van der Waals surface area (Å²) in [5.41, 5.74) is 1.85. The predicted octanol–water partition coefficient (Wildman–Crippen LogP) is 3.29. The Kier molecular flexibility index (Phi) is 2.06. The standard InChI is InChI=1S/C9H6OS2/c10-4-7-5-11-6-8(7)9-2-1-3-12-9/h1-6H. The third kappa shape index (κ3) is 1.21. The minimum absolute atomic E-state index is 0.794. The second-order valence-corrected chi connectivity index (χ2v) is 4.03. The summed E-state index contributed by atoms with van der Waals surface area (Å²) in [6.45, 7) is 0. The molecule has 60 valence electrons. The van der Waals surface area contributed by atoms with Gasteiger partial charge in [-0.25, -0.2) is 0 Å². The van der Waals surface area contributed by atoms with Gasteiger partial charge in [0, 0.05) is 26.8 Å². The molecule has 2 aromatic rings. The minimum atomic E-state index is 0.794. The fraction of sp³-hybridized carbons (Fsp3) is 0. The maximum Gasteiger partial charge on any atom is 0.151 e. The van der Waals surface area contributed by atoms with E-state index in [1.54, 1.807) is 22.7 Å². The Labute approximate surface area is 78.3 Å². The summed E-state index contributed by atoms with van der Waals surface area (Å²) < 4.78 is 0. The smallest absolute Gasteiger partial charge is 0.151 e. The molecule has 2 rings (SSSR count). The van der Waals surface area contributed by atoms with E-state index in [9.17, 15) is 4.79 Å². The van der Waals surface area contributed by atoms with Crippen LogP contribution < -0.4 is 0 Å². The van der Waals surface area contributed by atoms with Crippen molar-refractivity contribution in [2.45, 2.75) is 0 Å². The molecule has 0 saturated heterocycles. The lowest BCUT2D eigenvalue weighted by atomic mass is 10.2. The van der Waals surface area contributed by atoms with Crippen LogP contribution in [-0.2, 0) is 0 Å². The maximum atomic E-state index is 10.6. The summed E-state index contributed by atoms with van der Waals surface area (Å²) in [6, 6.07) is 4.02. The second kappa shape index (κ2) is 3.21. The number of carbonyl (C=O) groups is 1. The van der Waals surface area contributed by atoms with Gasteiger partial charge in [0.1, 0.15) is 0 Å². The Morgan fingerprint density at radius 1 is 1.33 bits per heavy atom. The Bertz CT molecular complexity index is 373. The van der Waals surface area contributed by atoms with Crippen LogP contribution in [0.3, 0.4) is 0 Å². The normalized spacial score (nSPS) is 10.0. The first-order valence-electron chi connectivity index (χ1n) is 3.47. The van der Waals surface area contributed by atoms with E-state index in [0.29, 0.717) is 0 Å². The first kappa shape index (κ1) is 7.71. The van der Waals surface area contributed by atoms with Crippen molar-refractivity contribution < 1.29 is 4.79 Å². The second-order valence-electron chi connectivity index (χ2n) is 2.34. The molecule has 0 N–H and O–H groups in total. The predicted molar refractivity (Wildman–Crippen MR) is 53.0 cm³/mol. The molecule has 0 saturated carbocycles. The first-order chi connectivity index (χ1) is 5.92. The molecule has 0 aliphatic rings. The third-order valence-electron chi connectivity index (χ3n) is 1.61. The topological polar surface area (TPSA) is 17.1 Å². The summed E-state index contributed by atoms with van der Waals surface area (Å²) in [5, 5.41) is 5.90. The third-order valence-corrected chi connectivity index (χ3v) is 3.27. The van der Waals surface area contributed by atoms with Gasteiger partial charge < -0.3 is 0 Å². The van der Waals surface area contributed by atoms with Crippen LogP contribution in [0.2, 0.25) is 0 Å². The van der Waals surface area contributed by atoms with Gasteiger partial charge in [-0.1, -0.05) is 6.07 Å². The van der Waals surface area contributed by atoms with Crippen molar-refractivity contribution >= 4 is 29.0 Å². The Hall–Kier alpha value is -0.930. The van der Waals surface area contributed by atoms with Gasteiger partial charge in [0.2, 0.25) is 0 Å². The Balaban J connectivity index is 2.53. The van der Waals surface area contributed by atoms with E-state index < -0.39 is 0 Å². The maximum absolute atomic E-state index is 10.6. The molecule has 3 heteroatoms. The fourth-order valence-electron chi connectivity index (χ4n) is 1.03. The summed E-state index contributed by atoms with van der Waals surface area (Å²) in [5.74, 6) is 0. The van der Waals surface area contributed by atoms with Crippen LogP contribution >= 0.6 is 22.7 Å². The van der Waals surface area contributed by atoms with E-state index in [4.69, 9.17) is 0 Å². The molecule has 0 aromatic carbocycles. The van der Waals surface area contributed by atoms with Crippen molar-refractivity contribution in [2.75, 3.05) is 0 Å². The zero-order valence-corrected chi connectivity index (χ0v) is 7.82. The molecule has 1 nitrogen and oxygen atoms in total. The fourth-order valence-corrected chi connectivity index (χ4v) is 2.67. The summed E-state index contributed by atoms with van der Waals surface area (Å²) in [4.78, 5) is 11.8. The monoisotopic (exact) mass is 194 g/mol. The summed E-state index contributed by atoms with van der Waals surface area (Å²) in [6.07, 6.45) is 0.908. The van der Waals surface area contributed by atoms with Gasteiger partial charge in [-0.05, 0) is 11.4 Å². The molecule has 12 heavy (non-hydrogen) atoms.